The van der Waals surface area contributed by atoms with Gasteiger partial charge in [-0.1, -0.05) is 18.5 Å². The fourth-order valence-corrected chi connectivity index (χ4v) is 1.77. The maximum Gasteiger partial charge on any atom is 0.139 e. The first-order chi connectivity index (χ1) is 8.61. The van der Waals surface area contributed by atoms with Gasteiger partial charge in [0.2, 0.25) is 0 Å². The minimum atomic E-state index is -0.373. The summed E-state index contributed by atoms with van der Waals surface area (Å²) in [7, 11) is 0. The van der Waals surface area contributed by atoms with Crippen LogP contribution in [-0.4, -0.2) is 9.97 Å². The topological polar surface area (TPSA) is 63.8 Å². The lowest BCUT2D eigenvalue weighted by Gasteiger charge is -2.12. The van der Waals surface area contributed by atoms with Crippen molar-refractivity contribution in [3.05, 3.63) is 40.9 Å². The molecule has 2 aromatic rings. The van der Waals surface area contributed by atoms with Crippen LogP contribution in [0.2, 0.25) is 5.02 Å². The van der Waals surface area contributed by atoms with Crippen LogP contribution in [0.25, 0.3) is 0 Å². The molecule has 94 valence electrons. The molecule has 0 saturated carbocycles. The van der Waals surface area contributed by atoms with E-state index in [9.17, 15) is 4.39 Å². The molecule has 2 rings (SSSR count). The van der Waals surface area contributed by atoms with Gasteiger partial charge in [-0.2, -0.15) is 0 Å². The van der Waals surface area contributed by atoms with Crippen LogP contribution in [0.1, 0.15) is 12.5 Å². The summed E-state index contributed by atoms with van der Waals surface area (Å²) in [6, 6.07) is 4.08. The van der Waals surface area contributed by atoms with E-state index in [4.69, 9.17) is 17.3 Å². The van der Waals surface area contributed by atoms with Crippen LogP contribution in [0, 0.1) is 5.82 Å². The maximum atomic E-state index is 13.2. The van der Waals surface area contributed by atoms with E-state index in [0.717, 1.165) is 5.56 Å². The van der Waals surface area contributed by atoms with Gasteiger partial charge in [-0.3, -0.25) is 0 Å². The van der Waals surface area contributed by atoms with Crippen molar-refractivity contribution in [1.29, 1.82) is 0 Å². The molecule has 0 bridgehead atoms. The average Bonchev–Trinajstić information content (AvgIpc) is 2.34. The number of hydrogen-bond donors (Lipinski definition) is 2. The van der Waals surface area contributed by atoms with E-state index >= 15 is 0 Å². The standard InChI is InChI=1S/C12H12ClFN4/c1-2-8-11(15)16-6-17-12(8)18-10-5-7(14)3-4-9(10)13/h3-6H,2H2,1H3,(H3,15,16,17,18). The van der Waals surface area contributed by atoms with Crippen LogP contribution in [0.4, 0.5) is 21.7 Å². The van der Waals surface area contributed by atoms with Gasteiger partial charge in [-0.25, -0.2) is 14.4 Å². The SMILES string of the molecule is CCc1c(N)ncnc1Nc1cc(F)ccc1Cl. The van der Waals surface area contributed by atoms with Gasteiger partial charge in [-0.15, -0.1) is 0 Å². The van der Waals surface area contributed by atoms with Crippen molar-refractivity contribution in [2.75, 3.05) is 11.1 Å². The Labute approximate surface area is 109 Å². The monoisotopic (exact) mass is 266 g/mol. The number of halogens is 2. The molecular weight excluding hydrogens is 255 g/mol. The predicted molar refractivity (Wildman–Crippen MR) is 70.5 cm³/mol. The molecule has 0 aliphatic rings. The molecule has 0 atom stereocenters. The predicted octanol–water partition coefficient (Wildman–Crippen LogP) is 3.16. The summed E-state index contributed by atoms with van der Waals surface area (Å²) < 4.78 is 13.2. The molecule has 18 heavy (non-hydrogen) atoms. The average molecular weight is 267 g/mol. The highest BCUT2D eigenvalue weighted by molar-refractivity contribution is 6.33. The number of anilines is 3. The normalized spacial score (nSPS) is 10.4. The second-order valence-corrected chi connectivity index (χ2v) is 4.10. The van der Waals surface area contributed by atoms with Crippen LogP contribution >= 0.6 is 11.6 Å². The molecule has 0 spiro atoms. The summed E-state index contributed by atoms with van der Waals surface area (Å²) in [6.07, 6.45) is 2.02. The van der Waals surface area contributed by atoms with Gasteiger partial charge in [0.15, 0.2) is 0 Å². The molecule has 1 aromatic carbocycles. The van der Waals surface area contributed by atoms with Crippen LogP contribution < -0.4 is 11.1 Å². The van der Waals surface area contributed by atoms with Gasteiger partial charge in [0.1, 0.15) is 23.8 Å². The van der Waals surface area contributed by atoms with E-state index in [2.05, 4.69) is 15.3 Å². The molecule has 0 amide bonds. The lowest BCUT2D eigenvalue weighted by molar-refractivity contribution is 0.628. The minimum Gasteiger partial charge on any atom is -0.383 e. The van der Waals surface area contributed by atoms with Crippen molar-refractivity contribution >= 4 is 28.9 Å². The molecule has 0 aliphatic carbocycles. The Morgan fingerprint density at radius 1 is 1.39 bits per heavy atom. The Balaban J connectivity index is 2.40. The van der Waals surface area contributed by atoms with Crippen molar-refractivity contribution in [1.82, 2.24) is 9.97 Å². The van der Waals surface area contributed by atoms with Crippen molar-refractivity contribution in [2.45, 2.75) is 13.3 Å². The molecule has 0 fully saturated rings. The molecule has 0 aliphatic heterocycles. The Morgan fingerprint density at radius 2 is 2.17 bits per heavy atom. The summed E-state index contributed by atoms with van der Waals surface area (Å²) in [5.41, 5.74) is 6.98. The number of nitrogen functional groups attached to an aromatic ring is 1. The molecule has 3 N–H and O–H groups in total. The van der Waals surface area contributed by atoms with Gasteiger partial charge < -0.3 is 11.1 Å². The first-order valence-corrected chi connectivity index (χ1v) is 5.81. The first-order valence-electron chi connectivity index (χ1n) is 5.43. The highest BCUT2D eigenvalue weighted by atomic mass is 35.5. The van der Waals surface area contributed by atoms with Crippen molar-refractivity contribution in [3.8, 4) is 0 Å². The van der Waals surface area contributed by atoms with E-state index in [1.165, 1.54) is 24.5 Å². The Morgan fingerprint density at radius 3 is 2.89 bits per heavy atom. The van der Waals surface area contributed by atoms with Gasteiger partial charge in [-0.05, 0) is 24.6 Å². The third kappa shape index (κ3) is 2.51. The zero-order chi connectivity index (χ0) is 13.1. The Kier molecular flexibility index (Phi) is 3.62. The molecule has 0 unspecified atom stereocenters. The van der Waals surface area contributed by atoms with Gasteiger partial charge in [0.05, 0.1) is 10.7 Å². The number of aromatic nitrogens is 2. The summed E-state index contributed by atoms with van der Waals surface area (Å²) in [5, 5.41) is 3.38. The lowest BCUT2D eigenvalue weighted by atomic mass is 10.2. The highest BCUT2D eigenvalue weighted by Gasteiger charge is 2.09. The van der Waals surface area contributed by atoms with Crippen molar-refractivity contribution in [3.63, 3.8) is 0 Å². The molecule has 1 aromatic heterocycles. The van der Waals surface area contributed by atoms with E-state index in [0.29, 0.717) is 28.8 Å². The molecular formula is C12H12ClFN4. The van der Waals surface area contributed by atoms with Crippen molar-refractivity contribution in [2.24, 2.45) is 0 Å². The Bertz CT molecular complexity index is 574. The van der Waals surface area contributed by atoms with E-state index < -0.39 is 0 Å². The quantitative estimate of drug-likeness (QED) is 0.896. The van der Waals surface area contributed by atoms with Gasteiger partial charge >= 0.3 is 0 Å². The number of nitrogens with one attached hydrogen (secondary N) is 1. The number of hydrogen-bond acceptors (Lipinski definition) is 4. The smallest absolute Gasteiger partial charge is 0.139 e. The third-order valence-electron chi connectivity index (χ3n) is 2.51. The fraction of sp³-hybridized carbons (Fsp3) is 0.167. The number of rotatable bonds is 3. The zero-order valence-corrected chi connectivity index (χ0v) is 10.5. The van der Waals surface area contributed by atoms with Gasteiger partial charge in [0, 0.05) is 5.56 Å². The summed E-state index contributed by atoms with van der Waals surface area (Å²) in [4.78, 5) is 8.00. The van der Waals surface area contributed by atoms with Crippen molar-refractivity contribution < 1.29 is 4.39 Å². The minimum absolute atomic E-state index is 0.373. The van der Waals surface area contributed by atoms with Crippen LogP contribution in [0.3, 0.4) is 0 Å². The van der Waals surface area contributed by atoms with Crippen LogP contribution in [0.5, 0.6) is 0 Å². The summed E-state index contributed by atoms with van der Waals surface area (Å²) in [6.45, 7) is 1.94. The second-order valence-electron chi connectivity index (χ2n) is 3.69. The van der Waals surface area contributed by atoms with Crippen LogP contribution in [0.15, 0.2) is 24.5 Å². The van der Waals surface area contributed by atoms with E-state index in [-0.39, 0.29) is 5.82 Å². The summed E-state index contributed by atoms with van der Waals surface area (Å²) in [5.74, 6) is 0.571. The van der Waals surface area contributed by atoms with Gasteiger partial charge in [0.25, 0.3) is 0 Å². The molecule has 0 radical (unpaired) electrons. The van der Waals surface area contributed by atoms with E-state index in [1.807, 2.05) is 6.92 Å². The first kappa shape index (κ1) is 12.6. The van der Waals surface area contributed by atoms with E-state index in [1.54, 1.807) is 0 Å². The van der Waals surface area contributed by atoms with Crippen LogP contribution in [-0.2, 0) is 6.42 Å². The molecule has 4 nitrogen and oxygen atoms in total. The largest absolute Gasteiger partial charge is 0.383 e. The number of nitrogens with zero attached hydrogens (tertiary/aromatic N) is 2. The lowest BCUT2D eigenvalue weighted by Crippen LogP contribution is -2.04. The highest BCUT2D eigenvalue weighted by Crippen LogP contribution is 2.28. The fourth-order valence-electron chi connectivity index (χ4n) is 1.60. The molecule has 6 heteroatoms. The zero-order valence-electron chi connectivity index (χ0n) is 9.74. The Hall–Kier alpha value is -1.88. The molecule has 1 heterocycles. The second kappa shape index (κ2) is 5.18. The summed E-state index contributed by atoms with van der Waals surface area (Å²) >= 11 is 5.98. The maximum absolute atomic E-state index is 13.2. The number of nitrogens with two attached hydrogens (primary N) is 1. The third-order valence-corrected chi connectivity index (χ3v) is 2.84. The molecule has 0 saturated heterocycles. The number of benzene rings is 1.